The Bertz CT molecular complexity index is 977. The molecule has 150 valence electrons. The second kappa shape index (κ2) is 7.70. The number of piperazine rings is 1. The minimum absolute atomic E-state index is 0.162. The molecule has 0 aromatic heterocycles. The van der Waals surface area contributed by atoms with Crippen molar-refractivity contribution in [3.05, 3.63) is 64.7 Å². The number of carbonyl (C=O) groups is 3. The Hall–Kier alpha value is -3.15. The third-order valence-electron chi connectivity index (χ3n) is 5.98. The van der Waals surface area contributed by atoms with Gasteiger partial charge in [-0.1, -0.05) is 30.3 Å². The van der Waals surface area contributed by atoms with E-state index in [0.717, 1.165) is 23.6 Å². The normalized spacial score (nSPS) is 16.8. The maximum absolute atomic E-state index is 12.8. The molecule has 6 nitrogen and oxygen atoms in total. The molecule has 0 spiro atoms. The second-order valence-electron chi connectivity index (χ2n) is 7.71. The van der Waals surface area contributed by atoms with Gasteiger partial charge >= 0.3 is 0 Å². The molecule has 2 aromatic rings. The molecular formula is C23H25N3O3. The predicted molar refractivity (Wildman–Crippen MR) is 111 cm³/mol. The van der Waals surface area contributed by atoms with Crippen molar-refractivity contribution in [2.45, 2.75) is 20.3 Å². The zero-order valence-corrected chi connectivity index (χ0v) is 16.9. The Kier molecular flexibility index (Phi) is 5.09. The highest BCUT2D eigenvalue weighted by atomic mass is 16.2. The van der Waals surface area contributed by atoms with Crippen LogP contribution in [0.4, 0.5) is 5.69 Å². The van der Waals surface area contributed by atoms with Gasteiger partial charge in [0, 0.05) is 37.4 Å². The molecule has 0 unspecified atom stereocenters. The number of aryl methyl sites for hydroxylation is 1. The summed E-state index contributed by atoms with van der Waals surface area (Å²) in [5, 5.41) is 0. The molecule has 2 aromatic carbocycles. The molecule has 0 bridgehead atoms. The average Bonchev–Trinajstić information content (AvgIpc) is 2.73. The Morgan fingerprint density at radius 3 is 2.41 bits per heavy atom. The molecule has 0 aliphatic carbocycles. The first kappa shape index (κ1) is 19.2. The monoisotopic (exact) mass is 391 g/mol. The number of imide groups is 1. The minimum Gasteiger partial charge on any atom is -0.368 e. The van der Waals surface area contributed by atoms with Crippen LogP contribution >= 0.6 is 0 Å². The molecule has 0 atom stereocenters. The van der Waals surface area contributed by atoms with Crippen molar-refractivity contribution < 1.29 is 14.4 Å². The fourth-order valence-corrected chi connectivity index (χ4v) is 4.07. The van der Waals surface area contributed by atoms with E-state index in [1.807, 2.05) is 6.07 Å². The maximum Gasteiger partial charge on any atom is 0.261 e. The molecule has 4 rings (SSSR count). The Morgan fingerprint density at radius 1 is 0.931 bits per heavy atom. The summed E-state index contributed by atoms with van der Waals surface area (Å²) < 4.78 is 0. The summed E-state index contributed by atoms with van der Waals surface area (Å²) in [5.74, 6) is -0.859. The van der Waals surface area contributed by atoms with Gasteiger partial charge in [0.05, 0.1) is 6.42 Å². The van der Waals surface area contributed by atoms with E-state index in [2.05, 4.69) is 36.9 Å². The van der Waals surface area contributed by atoms with Gasteiger partial charge in [0.25, 0.3) is 5.91 Å². The fourth-order valence-electron chi connectivity index (χ4n) is 4.07. The number of fused-ring (bicyclic) bond motifs is 1. The fraction of sp³-hybridized carbons (Fsp3) is 0.348. The van der Waals surface area contributed by atoms with Crippen LogP contribution in [-0.4, -0.2) is 60.2 Å². The van der Waals surface area contributed by atoms with Crippen molar-refractivity contribution in [1.82, 2.24) is 9.80 Å². The van der Waals surface area contributed by atoms with Crippen molar-refractivity contribution in [3.63, 3.8) is 0 Å². The van der Waals surface area contributed by atoms with E-state index in [1.165, 1.54) is 16.8 Å². The van der Waals surface area contributed by atoms with Gasteiger partial charge in [0.15, 0.2) is 0 Å². The van der Waals surface area contributed by atoms with Crippen molar-refractivity contribution in [2.75, 3.05) is 37.6 Å². The predicted octanol–water partition coefficient (Wildman–Crippen LogP) is 2.18. The maximum atomic E-state index is 12.8. The van der Waals surface area contributed by atoms with Crippen LogP contribution in [0.2, 0.25) is 0 Å². The summed E-state index contributed by atoms with van der Waals surface area (Å²) in [4.78, 5) is 43.0. The van der Waals surface area contributed by atoms with Crippen LogP contribution in [0.3, 0.4) is 0 Å². The quantitative estimate of drug-likeness (QED) is 0.753. The highest BCUT2D eigenvalue weighted by Crippen LogP contribution is 2.24. The number of rotatable bonds is 3. The average molecular weight is 391 g/mol. The van der Waals surface area contributed by atoms with E-state index in [-0.39, 0.29) is 30.7 Å². The van der Waals surface area contributed by atoms with Gasteiger partial charge in [-0.25, -0.2) is 0 Å². The van der Waals surface area contributed by atoms with Crippen LogP contribution < -0.4 is 4.90 Å². The molecule has 2 aliphatic heterocycles. The van der Waals surface area contributed by atoms with Crippen molar-refractivity contribution in [2.24, 2.45) is 0 Å². The van der Waals surface area contributed by atoms with Crippen molar-refractivity contribution in [1.29, 1.82) is 0 Å². The highest BCUT2D eigenvalue weighted by molar-refractivity contribution is 6.11. The largest absolute Gasteiger partial charge is 0.368 e. The summed E-state index contributed by atoms with van der Waals surface area (Å²) in [7, 11) is 0. The first-order chi connectivity index (χ1) is 14.0. The molecule has 29 heavy (non-hydrogen) atoms. The summed E-state index contributed by atoms with van der Waals surface area (Å²) in [6.07, 6.45) is 0.162. The zero-order valence-electron chi connectivity index (χ0n) is 16.9. The van der Waals surface area contributed by atoms with Crippen LogP contribution in [0.25, 0.3) is 0 Å². The molecule has 1 saturated heterocycles. The van der Waals surface area contributed by atoms with Gasteiger partial charge in [-0.05, 0) is 42.7 Å². The van der Waals surface area contributed by atoms with Gasteiger partial charge < -0.3 is 9.80 Å². The lowest BCUT2D eigenvalue weighted by Crippen LogP contribution is -2.53. The van der Waals surface area contributed by atoms with Gasteiger partial charge in [0.1, 0.15) is 6.54 Å². The summed E-state index contributed by atoms with van der Waals surface area (Å²) in [5.41, 5.74) is 4.96. The standard InChI is InChI=1S/C23H25N3O3/c1-16-6-5-9-20(17(16)2)24-10-12-25(13-11-24)22(28)15-26-21(27)14-18-7-3-4-8-19(18)23(26)29/h3-9H,10-15H2,1-2H3. The molecule has 0 radical (unpaired) electrons. The SMILES string of the molecule is Cc1cccc(N2CCN(C(=O)CN3C(=O)Cc4ccccc4C3=O)CC2)c1C. The minimum atomic E-state index is -0.376. The Labute approximate surface area is 170 Å². The number of amides is 3. The summed E-state index contributed by atoms with van der Waals surface area (Å²) in [6, 6.07) is 13.4. The molecule has 0 N–H and O–H groups in total. The van der Waals surface area contributed by atoms with Crippen LogP contribution in [0, 0.1) is 13.8 Å². The zero-order chi connectivity index (χ0) is 20.5. The lowest BCUT2D eigenvalue weighted by atomic mass is 9.98. The third-order valence-corrected chi connectivity index (χ3v) is 5.98. The molecule has 0 saturated carbocycles. The van der Waals surface area contributed by atoms with E-state index in [4.69, 9.17) is 0 Å². The Balaban J connectivity index is 1.40. The number of anilines is 1. The molecule has 2 heterocycles. The van der Waals surface area contributed by atoms with E-state index in [9.17, 15) is 14.4 Å². The van der Waals surface area contributed by atoms with Gasteiger partial charge in [-0.2, -0.15) is 0 Å². The van der Waals surface area contributed by atoms with Gasteiger partial charge in [-0.15, -0.1) is 0 Å². The van der Waals surface area contributed by atoms with E-state index in [0.29, 0.717) is 18.7 Å². The molecule has 2 aliphatic rings. The highest BCUT2D eigenvalue weighted by Gasteiger charge is 2.33. The number of benzene rings is 2. The summed E-state index contributed by atoms with van der Waals surface area (Å²) >= 11 is 0. The Morgan fingerprint density at radius 2 is 1.66 bits per heavy atom. The summed E-state index contributed by atoms with van der Waals surface area (Å²) in [6.45, 7) is 6.67. The van der Waals surface area contributed by atoms with Crippen LogP contribution in [0.15, 0.2) is 42.5 Å². The van der Waals surface area contributed by atoms with Crippen molar-refractivity contribution >= 4 is 23.4 Å². The van der Waals surface area contributed by atoms with Crippen LogP contribution in [0.1, 0.15) is 27.0 Å². The van der Waals surface area contributed by atoms with Gasteiger partial charge in [-0.3, -0.25) is 19.3 Å². The lowest BCUT2D eigenvalue weighted by molar-refractivity contribution is -0.138. The number of hydrogen-bond donors (Lipinski definition) is 0. The van der Waals surface area contributed by atoms with Crippen LogP contribution in [-0.2, 0) is 16.0 Å². The van der Waals surface area contributed by atoms with E-state index >= 15 is 0 Å². The molecule has 3 amide bonds. The smallest absolute Gasteiger partial charge is 0.261 e. The number of carbonyl (C=O) groups excluding carboxylic acids is 3. The first-order valence-corrected chi connectivity index (χ1v) is 9.97. The third kappa shape index (κ3) is 3.62. The number of hydrogen-bond acceptors (Lipinski definition) is 4. The molecule has 1 fully saturated rings. The molecular weight excluding hydrogens is 366 g/mol. The van der Waals surface area contributed by atoms with Crippen LogP contribution in [0.5, 0.6) is 0 Å². The lowest BCUT2D eigenvalue weighted by Gasteiger charge is -2.38. The topological polar surface area (TPSA) is 60.9 Å². The van der Waals surface area contributed by atoms with Gasteiger partial charge in [0.2, 0.25) is 11.8 Å². The molecule has 6 heteroatoms. The van der Waals surface area contributed by atoms with E-state index in [1.54, 1.807) is 23.1 Å². The van der Waals surface area contributed by atoms with Crippen molar-refractivity contribution in [3.8, 4) is 0 Å². The second-order valence-corrected chi connectivity index (χ2v) is 7.71. The number of nitrogens with zero attached hydrogens (tertiary/aromatic N) is 3. The first-order valence-electron chi connectivity index (χ1n) is 9.97. The van der Waals surface area contributed by atoms with E-state index < -0.39 is 0 Å².